The van der Waals surface area contributed by atoms with Crippen molar-refractivity contribution in [3.8, 4) is 11.9 Å². The second-order valence-corrected chi connectivity index (χ2v) is 6.78. The van der Waals surface area contributed by atoms with Crippen LogP contribution >= 0.6 is 0 Å². The van der Waals surface area contributed by atoms with Gasteiger partial charge in [0.25, 0.3) is 0 Å². The van der Waals surface area contributed by atoms with Gasteiger partial charge in [-0.25, -0.2) is 4.98 Å². The van der Waals surface area contributed by atoms with Crippen LogP contribution in [0.4, 0.5) is 0 Å². The maximum absolute atomic E-state index is 12.9. The molecule has 3 rings (SSSR count). The molecule has 0 spiro atoms. The SMILES string of the molecule is COc1ccc(C(NC(=O)C2(C#N)CCOCC2)C2CC(O)C2)cn1. The molecule has 1 aliphatic heterocycles. The van der Waals surface area contributed by atoms with E-state index < -0.39 is 5.41 Å². The second-order valence-electron chi connectivity index (χ2n) is 6.78. The zero-order valence-electron chi connectivity index (χ0n) is 14.3. The molecule has 1 amide bonds. The molecule has 1 atom stereocenters. The lowest BCUT2D eigenvalue weighted by atomic mass is 9.74. The molecule has 2 N–H and O–H groups in total. The fourth-order valence-electron chi connectivity index (χ4n) is 3.46. The number of ether oxygens (including phenoxy) is 2. The Hall–Kier alpha value is -2.17. The Morgan fingerprint density at radius 3 is 2.72 bits per heavy atom. The van der Waals surface area contributed by atoms with Crippen molar-refractivity contribution in [1.29, 1.82) is 5.26 Å². The first kappa shape index (κ1) is 17.6. The van der Waals surface area contributed by atoms with E-state index in [1.165, 1.54) is 0 Å². The van der Waals surface area contributed by atoms with Gasteiger partial charge in [0.2, 0.25) is 11.8 Å². The molecule has 7 heteroatoms. The van der Waals surface area contributed by atoms with E-state index in [2.05, 4.69) is 16.4 Å². The van der Waals surface area contributed by atoms with Crippen LogP contribution < -0.4 is 10.1 Å². The van der Waals surface area contributed by atoms with Gasteiger partial charge in [-0.1, -0.05) is 6.07 Å². The number of rotatable bonds is 5. The summed E-state index contributed by atoms with van der Waals surface area (Å²) in [6.07, 6.45) is 3.40. The Kier molecular flexibility index (Phi) is 5.21. The number of carbonyl (C=O) groups is 1. The summed E-state index contributed by atoms with van der Waals surface area (Å²) in [5.74, 6) is 0.366. The molecule has 0 bridgehead atoms. The lowest BCUT2D eigenvalue weighted by Crippen LogP contribution is -2.48. The van der Waals surface area contributed by atoms with Gasteiger partial charge in [-0.05, 0) is 37.2 Å². The number of nitrogens with zero attached hydrogens (tertiary/aromatic N) is 2. The van der Waals surface area contributed by atoms with Gasteiger partial charge in [0, 0.05) is 25.5 Å². The number of hydrogen-bond donors (Lipinski definition) is 2. The summed E-state index contributed by atoms with van der Waals surface area (Å²) in [7, 11) is 1.55. The fourth-order valence-corrected chi connectivity index (χ4v) is 3.46. The van der Waals surface area contributed by atoms with Gasteiger partial charge in [-0.15, -0.1) is 0 Å². The fraction of sp³-hybridized carbons (Fsp3) is 0.611. The van der Waals surface area contributed by atoms with Crippen molar-refractivity contribution in [2.75, 3.05) is 20.3 Å². The zero-order chi connectivity index (χ0) is 17.9. The summed E-state index contributed by atoms with van der Waals surface area (Å²) in [6.45, 7) is 0.829. The molecule has 134 valence electrons. The minimum absolute atomic E-state index is 0.129. The summed E-state index contributed by atoms with van der Waals surface area (Å²) >= 11 is 0. The third-order valence-corrected chi connectivity index (χ3v) is 5.23. The van der Waals surface area contributed by atoms with E-state index >= 15 is 0 Å². The van der Waals surface area contributed by atoms with Crippen molar-refractivity contribution in [3.63, 3.8) is 0 Å². The van der Waals surface area contributed by atoms with Crippen LogP contribution in [-0.2, 0) is 9.53 Å². The molecular formula is C18H23N3O4. The highest BCUT2D eigenvalue weighted by Crippen LogP contribution is 2.39. The average molecular weight is 345 g/mol. The maximum Gasteiger partial charge on any atom is 0.241 e. The molecule has 0 radical (unpaired) electrons. The number of amides is 1. The van der Waals surface area contributed by atoms with Crippen LogP contribution in [0.2, 0.25) is 0 Å². The van der Waals surface area contributed by atoms with E-state index in [0.29, 0.717) is 44.8 Å². The normalized spacial score (nSPS) is 26.0. The number of aromatic nitrogens is 1. The van der Waals surface area contributed by atoms with Crippen LogP contribution in [0.3, 0.4) is 0 Å². The smallest absolute Gasteiger partial charge is 0.241 e. The second kappa shape index (κ2) is 7.38. The van der Waals surface area contributed by atoms with Crippen molar-refractivity contribution in [3.05, 3.63) is 23.9 Å². The number of aliphatic hydroxyl groups excluding tert-OH is 1. The number of methoxy groups -OCH3 is 1. The molecular weight excluding hydrogens is 322 g/mol. The number of aliphatic hydroxyl groups is 1. The first-order chi connectivity index (χ1) is 12.1. The molecule has 2 heterocycles. The monoisotopic (exact) mass is 345 g/mol. The molecule has 25 heavy (non-hydrogen) atoms. The first-order valence-electron chi connectivity index (χ1n) is 8.56. The lowest BCUT2D eigenvalue weighted by Gasteiger charge is -2.40. The van der Waals surface area contributed by atoms with Gasteiger partial charge in [-0.2, -0.15) is 5.26 Å². The predicted octanol–water partition coefficient (Wildman–Crippen LogP) is 1.34. The summed E-state index contributed by atoms with van der Waals surface area (Å²) in [6, 6.07) is 5.54. The summed E-state index contributed by atoms with van der Waals surface area (Å²) in [4.78, 5) is 17.1. The Balaban J connectivity index is 1.79. The number of nitriles is 1. The first-order valence-corrected chi connectivity index (χ1v) is 8.56. The summed E-state index contributed by atoms with van der Waals surface area (Å²) < 4.78 is 10.4. The van der Waals surface area contributed by atoms with E-state index in [4.69, 9.17) is 9.47 Å². The Bertz CT molecular complexity index is 643. The highest BCUT2D eigenvalue weighted by atomic mass is 16.5. The van der Waals surface area contributed by atoms with Gasteiger partial charge in [0.05, 0.1) is 25.3 Å². The summed E-state index contributed by atoms with van der Waals surface area (Å²) in [5.41, 5.74) is -0.190. The zero-order valence-corrected chi connectivity index (χ0v) is 14.3. The van der Waals surface area contributed by atoms with Gasteiger partial charge in [0.1, 0.15) is 5.41 Å². The van der Waals surface area contributed by atoms with Crippen LogP contribution in [0, 0.1) is 22.7 Å². The van der Waals surface area contributed by atoms with Gasteiger partial charge in [0.15, 0.2) is 0 Å². The van der Waals surface area contributed by atoms with Crippen LogP contribution in [0.15, 0.2) is 18.3 Å². The molecule has 0 aromatic carbocycles. The average Bonchev–Trinajstić information content (AvgIpc) is 2.64. The van der Waals surface area contributed by atoms with Crippen molar-refractivity contribution >= 4 is 5.91 Å². The Morgan fingerprint density at radius 1 is 1.48 bits per heavy atom. The summed E-state index contributed by atoms with van der Waals surface area (Å²) in [5, 5.41) is 22.3. The van der Waals surface area contributed by atoms with Gasteiger partial charge in [-0.3, -0.25) is 4.79 Å². The lowest BCUT2D eigenvalue weighted by molar-refractivity contribution is -0.134. The van der Waals surface area contributed by atoms with Gasteiger partial charge < -0.3 is 19.9 Å². The number of carbonyl (C=O) groups excluding carboxylic acids is 1. The molecule has 7 nitrogen and oxygen atoms in total. The quantitative estimate of drug-likeness (QED) is 0.834. The van der Waals surface area contributed by atoms with E-state index in [1.807, 2.05) is 6.07 Å². The topological polar surface area (TPSA) is 104 Å². The van der Waals surface area contributed by atoms with Crippen LogP contribution in [0.5, 0.6) is 5.88 Å². The van der Waals surface area contributed by atoms with Crippen molar-refractivity contribution in [2.45, 2.75) is 37.8 Å². The molecule has 1 unspecified atom stereocenters. The third kappa shape index (κ3) is 3.60. The highest BCUT2D eigenvalue weighted by Gasteiger charge is 2.43. The van der Waals surface area contributed by atoms with Crippen LogP contribution in [0.1, 0.15) is 37.3 Å². The molecule has 2 aliphatic rings. The van der Waals surface area contributed by atoms with E-state index in [-0.39, 0.29) is 24.0 Å². The molecule has 2 fully saturated rings. The molecule has 1 aromatic rings. The van der Waals surface area contributed by atoms with E-state index in [1.54, 1.807) is 19.4 Å². The highest BCUT2D eigenvalue weighted by molar-refractivity contribution is 5.86. The minimum Gasteiger partial charge on any atom is -0.481 e. The molecule has 1 aliphatic carbocycles. The number of hydrogen-bond acceptors (Lipinski definition) is 6. The molecule has 1 saturated carbocycles. The number of pyridine rings is 1. The third-order valence-electron chi connectivity index (χ3n) is 5.23. The van der Waals surface area contributed by atoms with E-state index in [9.17, 15) is 15.2 Å². The van der Waals surface area contributed by atoms with Crippen LogP contribution in [-0.4, -0.2) is 42.4 Å². The standard InChI is InChI=1S/C18H23N3O4/c1-24-15-3-2-12(10-20-15)16(13-8-14(22)9-13)21-17(23)18(11-19)4-6-25-7-5-18/h2-3,10,13-14,16,22H,4-9H2,1H3,(H,21,23). The van der Waals surface area contributed by atoms with Crippen molar-refractivity contribution < 1.29 is 19.4 Å². The Morgan fingerprint density at radius 2 is 2.20 bits per heavy atom. The molecule has 1 saturated heterocycles. The van der Waals surface area contributed by atoms with Crippen molar-refractivity contribution in [1.82, 2.24) is 10.3 Å². The van der Waals surface area contributed by atoms with Crippen molar-refractivity contribution in [2.24, 2.45) is 11.3 Å². The predicted molar refractivity (Wildman–Crippen MR) is 88.5 cm³/mol. The number of nitrogens with one attached hydrogen (secondary N) is 1. The van der Waals surface area contributed by atoms with Gasteiger partial charge >= 0.3 is 0 Å². The van der Waals surface area contributed by atoms with Crippen LogP contribution in [0.25, 0.3) is 0 Å². The molecule has 1 aromatic heterocycles. The van der Waals surface area contributed by atoms with E-state index in [0.717, 1.165) is 5.56 Å². The maximum atomic E-state index is 12.9. The Labute approximate surface area is 147 Å². The minimum atomic E-state index is -1.04. The largest absolute Gasteiger partial charge is 0.481 e.